The molecule has 2 rings (SSSR count). The fraction of sp³-hybridized carbons (Fsp3) is 0.312. The predicted molar refractivity (Wildman–Crippen MR) is 86.3 cm³/mol. The first-order valence-electron chi connectivity index (χ1n) is 6.87. The number of guanidine groups is 1. The molecule has 106 valence electrons. The lowest BCUT2D eigenvalue weighted by Gasteiger charge is -2.09. The number of para-hydroxylation sites is 1. The highest BCUT2D eigenvalue weighted by Crippen LogP contribution is 2.21. The van der Waals surface area contributed by atoms with E-state index < -0.39 is 0 Å². The Kier molecular flexibility index (Phi) is 4.82. The summed E-state index contributed by atoms with van der Waals surface area (Å²) >= 11 is 0. The second kappa shape index (κ2) is 6.80. The Morgan fingerprint density at radius 2 is 2.25 bits per heavy atom. The van der Waals surface area contributed by atoms with Crippen LogP contribution in [0.4, 0.5) is 0 Å². The lowest BCUT2D eigenvalue weighted by molar-refractivity contribution is 0.824. The molecule has 0 aliphatic rings. The number of benzene rings is 1. The highest BCUT2D eigenvalue weighted by molar-refractivity contribution is 5.86. The van der Waals surface area contributed by atoms with E-state index in [0.29, 0.717) is 6.54 Å². The number of hydrogen-bond donors (Lipinski definition) is 3. The van der Waals surface area contributed by atoms with E-state index >= 15 is 0 Å². The molecule has 0 atom stereocenters. The number of aromatic amines is 1. The molecule has 0 bridgehead atoms. The summed E-state index contributed by atoms with van der Waals surface area (Å²) in [5.41, 5.74) is 3.84. The highest BCUT2D eigenvalue weighted by atomic mass is 15.2. The third-order valence-corrected chi connectivity index (χ3v) is 3.33. The van der Waals surface area contributed by atoms with Gasteiger partial charge in [0.2, 0.25) is 0 Å². The van der Waals surface area contributed by atoms with Gasteiger partial charge in [-0.05, 0) is 24.5 Å². The van der Waals surface area contributed by atoms with Crippen molar-refractivity contribution in [2.24, 2.45) is 4.99 Å². The highest BCUT2D eigenvalue weighted by Gasteiger charge is 2.05. The number of aliphatic imine (C=N–C) groups is 1. The lowest BCUT2D eigenvalue weighted by Crippen LogP contribution is -2.38. The van der Waals surface area contributed by atoms with Crippen LogP contribution in [0.2, 0.25) is 0 Å². The molecular weight excluding hydrogens is 248 g/mol. The molecule has 1 aromatic heterocycles. The van der Waals surface area contributed by atoms with Crippen LogP contribution >= 0.6 is 0 Å². The number of aromatic nitrogens is 1. The van der Waals surface area contributed by atoms with Gasteiger partial charge in [-0.2, -0.15) is 0 Å². The second-order valence-electron chi connectivity index (χ2n) is 4.73. The van der Waals surface area contributed by atoms with Crippen molar-refractivity contribution in [1.82, 2.24) is 15.6 Å². The molecule has 0 aliphatic carbocycles. The zero-order valence-corrected chi connectivity index (χ0v) is 12.2. The topological polar surface area (TPSA) is 52.2 Å². The Morgan fingerprint density at radius 1 is 1.40 bits per heavy atom. The molecule has 20 heavy (non-hydrogen) atoms. The maximum Gasteiger partial charge on any atom is 0.191 e. The van der Waals surface area contributed by atoms with Crippen molar-refractivity contribution in [3.8, 4) is 0 Å². The van der Waals surface area contributed by atoms with E-state index in [1.807, 2.05) is 6.08 Å². The summed E-state index contributed by atoms with van der Waals surface area (Å²) in [6, 6.07) is 6.40. The number of fused-ring (bicyclic) bond motifs is 1. The van der Waals surface area contributed by atoms with Crippen molar-refractivity contribution in [1.29, 1.82) is 0 Å². The SMILES string of the molecule is C=CCNC(=NC)NCCc1c[nH]c2c(C)cccc12. The van der Waals surface area contributed by atoms with E-state index in [9.17, 15) is 0 Å². The van der Waals surface area contributed by atoms with Gasteiger partial charge in [0.05, 0.1) is 0 Å². The first kappa shape index (κ1) is 14.2. The average molecular weight is 270 g/mol. The van der Waals surface area contributed by atoms with Gasteiger partial charge in [-0.25, -0.2) is 0 Å². The summed E-state index contributed by atoms with van der Waals surface area (Å²) in [5, 5.41) is 7.76. The molecule has 4 nitrogen and oxygen atoms in total. The molecule has 0 saturated heterocycles. The first-order chi connectivity index (χ1) is 9.76. The molecule has 3 N–H and O–H groups in total. The van der Waals surface area contributed by atoms with Crippen LogP contribution in [0, 0.1) is 6.92 Å². The van der Waals surface area contributed by atoms with Crippen molar-refractivity contribution in [3.05, 3.63) is 48.2 Å². The van der Waals surface area contributed by atoms with Crippen LogP contribution in [0.15, 0.2) is 42.0 Å². The summed E-state index contributed by atoms with van der Waals surface area (Å²) in [4.78, 5) is 7.52. The van der Waals surface area contributed by atoms with Crippen LogP contribution in [0.25, 0.3) is 10.9 Å². The van der Waals surface area contributed by atoms with Gasteiger partial charge in [0.25, 0.3) is 0 Å². The van der Waals surface area contributed by atoms with Crippen LogP contribution < -0.4 is 10.6 Å². The molecule has 0 radical (unpaired) electrons. The predicted octanol–water partition coefficient (Wildman–Crippen LogP) is 2.37. The maximum atomic E-state index is 4.16. The Bertz CT molecular complexity index is 610. The van der Waals surface area contributed by atoms with Gasteiger partial charge in [0.15, 0.2) is 5.96 Å². The number of aryl methyl sites for hydroxylation is 1. The van der Waals surface area contributed by atoms with Gasteiger partial charge in [-0.1, -0.05) is 24.3 Å². The summed E-state index contributed by atoms with van der Waals surface area (Å²) in [6.07, 6.45) is 4.87. The third-order valence-electron chi connectivity index (χ3n) is 3.33. The molecular formula is C16H22N4. The largest absolute Gasteiger partial charge is 0.361 e. The smallest absolute Gasteiger partial charge is 0.191 e. The lowest BCUT2D eigenvalue weighted by atomic mass is 10.1. The third kappa shape index (κ3) is 3.20. The van der Waals surface area contributed by atoms with Crippen molar-refractivity contribution < 1.29 is 0 Å². The van der Waals surface area contributed by atoms with Gasteiger partial charge >= 0.3 is 0 Å². The fourth-order valence-electron chi connectivity index (χ4n) is 2.28. The van der Waals surface area contributed by atoms with Crippen LogP contribution in [-0.2, 0) is 6.42 Å². The van der Waals surface area contributed by atoms with E-state index in [1.54, 1.807) is 7.05 Å². The Hall–Kier alpha value is -2.23. The zero-order chi connectivity index (χ0) is 14.4. The zero-order valence-electron chi connectivity index (χ0n) is 12.2. The summed E-state index contributed by atoms with van der Waals surface area (Å²) < 4.78 is 0. The second-order valence-corrected chi connectivity index (χ2v) is 4.73. The number of nitrogens with one attached hydrogen (secondary N) is 3. The standard InChI is InChI=1S/C16H22N4/c1-4-9-18-16(17-3)19-10-8-13-11-20-15-12(2)6-5-7-14(13)15/h4-7,11,20H,1,8-10H2,2-3H3,(H2,17,18,19). The number of H-pyrrole nitrogens is 1. The summed E-state index contributed by atoms with van der Waals surface area (Å²) in [5.74, 6) is 0.806. The number of hydrogen-bond acceptors (Lipinski definition) is 1. The van der Waals surface area contributed by atoms with E-state index in [2.05, 4.69) is 58.5 Å². The maximum absolute atomic E-state index is 4.16. The van der Waals surface area contributed by atoms with Crippen LogP contribution in [0.1, 0.15) is 11.1 Å². The summed E-state index contributed by atoms with van der Waals surface area (Å²) in [6.45, 7) is 7.37. The monoisotopic (exact) mass is 270 g/mol. The fourth-order valence-corrected chi connectivity index (χ4v) is 2.28. The van der Waals surface area contributed by atoms with Crippen LogP contribution in [0.5, 0.6) is 0 Å². The molecule has 0 fully saturated rings. The van der Waals surface area contributed by atoms with Crippen LogP contribution in [-0.4, -0.2) is 31.1 Å². The molecule has 1 heterocycles. The van der Waals surface area contributed by atoms with Crippen molar-refractivity contribution in [2.45, 2.75) is 13.3 Å². The normalized spacial score (nSPS) is 11.6. The molecule has 0 amide bonds. The minimum atomic E-state index is 0.714. The Balaban J connectivity index is 1.96. The van der Waals surface area contributed by atoms with E-state index in [4.69, 9.17) is 0 Å². The van der Waals surface area contributed by atoms with Gasteiger partial charge in [0.1, 0.15) is 0 Å². The minimum absolute atomic E-state index is 0.714. The molecule has 0 spiro atoms. The number of rotatable bonds is 5. The molecule has 0 unspecified atom stereocenters. The number of nitrogens with zero attached hydrogens (tertiary/aromatic N) is 1. The molecule has 0 aliphatic heterocycles. The van der Waals surface area contributed by atoms with Gasteiger partial charge in [-0.15, -0.1) is 6.58 Å². The molecule has 2 aromatic rings. The van der Waals surface area contributed by atoms with Gasteiger partial charge in [0, 0.05) is 37.2 Å². The van der Waals surface area contributed by atoms with Gasteiger partial charge in [-0.3, -0.25) is 4.99 Å². The Morgan fingerprint density at radius 3 is 3.00 bits per heavy atom. The van der Waals surface area contributed by atoms with Gasteiger partial charge < -0.3 is 15.6 Å². The van der Waals surface area contributed by atoms with Crippen molar-refractivity contribution in [3.63, 3.8) is 0 Å². The van der Waals surface area contributed by atoms with E-state index in [1.165, 1.54) is 22.0 Å². The molecule has 0 saturated carbocycles. The van der Waals surface area contributed by atoms with Crippen LogP contribution in [0.3, 0.4) is 0 Å². The van der Waals surface area contributed by atoms with Crippen molar-refractivity contribution in [2.75, 3.05) is 20.1 Å². The minimum Gasteiger partial charge on any atom is -0.361 e. The average Bonchev–Trinajstić information content (AvgIpc) is 2.87. The van der Waals surface area contributed by atoms with E-state index in [0.717, 1.165) is 18.9 Å². The van der Waals surface area contributed by atoms with E-state index in [-0.39, 0.29) is 0 Å². The summed E-state index contributed by atoms with van der Waals surface area (Å²) in [7, 11) is 1.77. The van der Waals surface area contributed by atoms with Crippen molar-refractivity contribution >= 4 is 16.9 Å². The Labute approximate surface area is 120 Å². The molecule has 4 heteroatoms. The molecule has 1 aromatic carbocycles. The quantitative estimate of drug-likeness (QED) is 0.444. The first-order valence-corrected chi connectivity index (χ1v) is 6.87.